The van der Waals surface area contributed by atoms with Gasteiger partial charge in [-0.3, -0.25) is 0 Å². The van der Waals surface area contributed by atoms with Crippen molar-refractivity contribution in [1.82, 2.24) is 4.37 Å². The van der Waals surface area contributed by atoms with Crippen molar-refractivity contribution in [3.8, 4) is 5.88 Å². The van der Waals surface area contributed by atoms with Crippen LogP contribution in [0.4, 0.5) is 0 Å². The molecule has 1 aromatic heterocycles. The molecule has 4 nitrogen and oxygen atoms in total. The highest BCUT2D eigenvalue weighted by molar-refractivity contribution is 8.02. The third-order valence-corrected chi connectivity index (χ3v) is 2.67. The molecule has 1 heterocycles. The Morgan fingerprint density at radius 2 is 2.36 bits per heavy atom. The van der Waals surface area contributed by atoms with Gasteiger partial charge < -0.3 is 10.2 Å². The molecule has 0 spiro atoms. The van der Waals surface area contributed by atoms with E-state index in [0.29, 0.717) is 4.21 Å². The van der Waals surface area contributed by atoms with E-state index in [4.69, 9.17) is 10.2 Å². The number of carboxylic acids is 1. The van der Waals surface area contributed by atoms with Crippen LogP contribution in [0.5, 0.6) is 5.88 Å². The molecule has 0 unspecified atom stereocenters. The molecule has 1 aromatic rings. The summed E-state index contributed by atoms with van der Waals surface area (Å²) in [6.07, 6.45) is 3.42. The largest absolute Gasteiger partial charge is 0.492 e. The monoisotopic (exact) mass is 190 g/mol. The van der Waals surface area contributed by atoms with Crippen LogP contribution in [-0.2, 0) is 0 Å². The number of rotatable bonds is 2. The molecular weight excluding hydrogens is 186 g/mol. The summed E-state index contributed by atoms with van der Waals surface area (Å²) in [5.41, 5.74) is -0.157. The topological polar surface area (TPSA) is 70.4 Å². The minimum Gasteiger partial charge on any atom is -0.492 e. The SMILES string of the molecule is [CH2]Sc1snc(O)c1C(=O)O. The highest BCUT2D eigenvalue weighted by atomic mass is 32.2. The summed E-state index contributed by atoms with van der Waals surface area (Å²) in [5.74, 6) is -1.61. The third-order valence-electron chi connectivity index (χ3n) is 0.988. The Balaban J connectivity index is 3.17. The first-order valence-corrected chi connectivity index (χ1v) is 4.26. The number of carbonyl (C=O) groups is 1. The molecule has 0 bridgehead atoms. The zero-order valence-electron chi connectivity index (χ0n) is 5.27. The zero-order valence-corrected chi connectivity index (χ0v) is 6.91. The number of aromatic carboxylic acids is 1. The van der Waals surface area contributed by atoms with Crippen LogP contribution in [0.25, 0.3) is 0 Å². The number of hydrogen-bond acceptors (Lipinski definition) is 5. The summed E-state index contributed by atoms with van der Waals surface area (Å²) in [5, 5.41) is 17.4. The maximum Gasteiger partial charge on any atom is 0.343 e. The molecule has 0 aliphatic rings. The first-order valence-electron chi connectivity index (χ1n) is 2.50. The minimum atomic E-state index is -1.18. The van der Waals surface area contributed by atoms with Crippen LogP contribution in [0.3, 0.4) is 0 Å². The Kier molecular flexibility index (Phi) is 2.35. The van der Waals surface area contributed by atoms with Gasteiger partial charge in [-0.1, -0.05) is 0 Å². The second kappa shape index (κ2) is 3.10. The van der Waals surface area contributed by atoms with E-state index in [9.17, 15) is 4.79 Å². The quantitative estimate of drug-likeness (QED) is 0.690. The predicted octanol–water partition coefficient (Wildman–Crippen LogP) is 1.43. The first kappa shape index (κ1) is 8.35. The van der Waals surface area contributed by atoms with Crippen LogP contribution < -0.4 is 0 Å². The average molecular weight is 190 g/mol. The van der Waals surface area contributed by atoms with Crippen LogP contribution in [-0.4, -0.2) is 20.6 Å². The maximum absolute atomic E-state index is 10.4. The number of carboxylic acid groups (broad SMARTS) is 1. The van der Waals surface area contributed by atoms with Gasteiger partial charge in [-0.2, -0.15) is 4.37 Å². The molecule has 0 saturated heterocycles. The number of thioether (sulfide) groups is 1. The molecule has 0 aliphatic heterocycles. The van der Waals surface area contributed by atoms with Crippen molar-refractivity contribution in [1.29, 1.82) is 0 Å². The molecule has 0 aromatic carbocycles. The van der Waals surface area contributed by atoms with E-state index in [1.807, 2.05) is 0 Å². The summed E-state index contributed by atoms with van der Waals surface area (Å²) < 4.78 is 3.88. The number of aromatic hydroxyl groups is 1. The normalized spacial score (nSPS) is 9.91. The molecule has 0 fully saturated rings. The molecule has 59 valence electrons. The third kappa shape index (κ3) is 1.46. The fourth-order valence-corrected chi connectivity index (χ4v) is 1.72. The number of nitrogens with zero attached hydrogens (tertiary/aromatic N) is 1. The van der Waals surface area contributed by atoms with Crippen LogP contribution in [0.2, 0.25) is 0 Å². The van der Waals surface area contributed by atoms with Gasteiger partial charge in [0, 0.05) is 6.26 Å². The second-order valence-electron chi connectivity index (χ2n) is 1.62. The van der Waals surface area contributed by atoms with Gasteiger partial charge in [-0.05, 0) is 11.5 Å². The number of aromatic nitrogens is 1. The zero-order chi connectivity index (χ0) is 8.43. The fourth-order valence-electron chi connectivity index (χ4n) is 0.549. The molecule has 0 aliphatic carbocycles. The lowest BCUT2D eigenvalue weighted by Gasteiger charge is -1.91. The Morgan fingerprint density at radius 3 is 2.73 bits per heavy atom. The molecule has 6 heteroatoms. The van der Waals surface area contributed by atoms with E-state index in [1.54, 1.807) is 0 Å². The van der Waals surface area contributed by atoms with E-state index in [0.717, 1.165) is 23.3 Å². The fraction of sp³-hybridized carbons (Fsp3) is 0. The van der Waals surface area contributed by atoms with Gasteiger partial charge >= 0.3 is 5.97 Å². The maximum atomic E-state index is 10.4. The average Bonchev–Trinajstić information content (AvgIpc) is 2.30. The first-order chi connectivity index (χ1) is 5.16. The summed E-state index contributed by atoms with van der Waals surface area (Å²) in [4.78, 5) is 10.4. The lowest BCUT2D eigenvalue weighted by atomic mass is 10.4. The molecule has 0 atom stereocenters. The minimum absolute atomic E-state index is 0.157. The smallest absolute Gasteiger partial charge is 0.343 e. The standard InChI is InChI=1S/C5H4NO3S2/c1-10-5-2(4(8)9)3(7)6-11-5/h1H2,(H,6,7)(H,8,9). The molecule has 0 saturated carbocycles. The van der Waals surface area contributed by atoms with Crippen molar-refractivity contribution in [3.05, 3.63) is 11.8 Å². The Bertz CT molecular complexity index is 283. The van der Waals surface area contributed by atoms with Crippen LogP contribution in [0.1, 0.15) is 10.4 Å². The Morgan fingerprint density at radius 1 is 1.73 bits per heavy atom. The Hall–Kier alpha value is -0.750. The highest BCUT2D eigenvalue weighted by Gasteiger charge is 2.18. The lowest BCUT2D eigenvalue weighted by molar-refractivity contribution is 0.0690. The second-order valence-corrected chi connectivity index (χ2v) is 3.35. The molecule has 1 radical (unpaired) electrons. The molecule has 1 rings (SSSR count). The predicted molar refractivity (Wildman–Crippen MR) is 42.0 cm³/mol. The van der Waals surface area contributed by atoms with Crippen LogP contribution >= 0.6 is 23.3 Å². The van der Waals surface area contributed by atoms with Crippen molar-refractivity contribution in [2.45, 2.75) is 4.21 Å². The van der Waals surface area contributed by atoms with Crippen molar-refractivity contribution in [3.63, 3.8) is 0 Å². The summed E-state index contributed by atoms with van der Waals surface area (Å²) in [7, 11) is 0. The van der Waals surface area contributed by atoms with Gasteiger partial charge in [0.15, 0.2) is 0 Å². The number of hydrogen-bond donors (Lipinski definition) is 2. The van der Waals surface area contributed by atoms with E-state index in [1.165, 1.54) is 0 Å². The van der Waals surface area contributed by atoms with E-state index < -0.39 is 11.8 Å². The van der Waals surface area contributed by atoms with Gasteiger partial charge in [0.05, 0.1) is 4.21 Å². The molecule has 0 amide bonds. The molecule has 2 N–H and O–H groups in total. The highest BCUT2D eigenvalue weighted by Crippen LogP contribution is 2.32. The van der Waals surface area contributed by atoms with E-state index in [-0.39, 0.29) is 5.56 Å². The molecular formula is C5H4NO3S2. The van der Waals surface area contributed by atoms with E-state index >= 15 is 0 Å². The van der Waals surface area contributed by atoms with Gasteiger partial charge in [-0.25, -0.2) is 4.79 Å². The van der Waals surface area contributed by atoms with Crippen molar-refractivity contribution < 1.29 is 15.0 Å². The molecule has 11 heavy (non-hydrogen) atoms. The van der Waals surface area contributed by atoms with Gasteiger partial charge in [0.25, 0.3) is 0 Å². The van der Waals surface area contributed by atoms with Gasteiger partial charge in [0.2, 0.25) is 5.88 Å². The van der Waals surface area contributed by atoms with Gasteiger partial charge in [0.1, 0.15) is 5.56 Å². The summed E-state index contributed by atoms with van der Waals surface area (Å²) in [6, 6.07) is 0. The Labute approximate surface area is 71.0 Å². The van der Waals surface area contributed by atoms with Crippen LogP contribution in [0, 0.1) is 6.26 Å². The lowest BCUT2D eigenvalue weighted by Crippen LogP contribution is -1.95. The van der Waals surface area contributed by atoms with E-state index in [2.05, 4.69) is 10.6 Å². The van der Waals surface area contributed by atoms with Gasteiger partial charge in [-0.15, -0.1) is 11.8 Å². The van der Waals surface area contributed by atoms with Crippen molar-refractivity contribution in [2.24, 2.45) is 0 Å². The summed E-state index contributed by atoms with van der Waals surface area (Å²) in [6.45, 7) is 0. The van der Waals surface area contributed by atoms with Crippen molar-refractivity contribution >= 4 is 29.3 Å². The van der Waals surface area contributed by atoms with Crippen LogP contribution in [0.15, 0.2) is 4.21 Å². The summed E-state index contributed by atoms with van der Waals surface area (Å²) >= 11 is 1.93. The van der Waals surface area contributed by atoms with Crippen molar-refractivity contribution in [2.75, 3.05) is 0 Å².